The lowest BCUT2D eigenvalue weighted by Crippen LogP contribution is -2.64. The van der Waals surface area contributed by atoms with Gasteiger partial charge in [0.05, 0.1) is 43.0 Å². The van der Waals surface area contributed by atoms with Crippen molar-refractivity contribution in [2.24, 2.45) is 5.73 Å². The van der Waals surface area contributed by atoms with Crippen LogP contribution in [-0.4, -0.2) is 230 Å². The second-order valence-corrected chi connectivity index (χ2v) is 11.9. The molecule has 0 radical (unpaired) electrons. The fraction of sp³-hybridized carbons (Fsp3) is 0.923. The number of nitrogens with two attached hydrogens (primary N) is 1. The average Bonchev–Trinajstić information content (AvgIpc) is 3.01. The van der Waals surface area contributed by atoms with E-state index in [1.807, 2.05) is 0 Å². The highest BCUT2D eigenvalue weighted by Gasteiger charge is 2.44. The Morgan fingerprint density at radius 2 is 0.935 bits per heavy atom. The Balaban J connectivity index is 1.45. The average molecular weight is 671 g/mol. The van der Waals surface area contributed by atoms with Crippen LogP contribution in [0.2, 0.25) is 0 Å². The summed E-state index contributed by atoms with van der Waals surface area (Å²) in [6, 6.07) is -2.63. The molecule has 14 N–H and O–H groups in total. The summed E-state index contributed by atoms with van der Waals surface area (Å²) in [5.41, 5.74) is 5.58. The number of likely N-dealkylation sites (tertiary alicyclic amines) is 3. The van der Waals surface area contributed by atoms with Crippen LogP contribution in [0.1, 0.15) is 0 Å². The van der Waals surface area contributed by atoms with E-state index in [4.69, 9.17) is 15.2 Å². The molecule has 268 valence electrons. The summed E-state index contributed by atoms with van der Waals surface area (Å²) in [7, 11) is 0. The van der Waals surface area contributed by atoms with Crippen molar-refractivity contribution in [1.82, 2.24) is 25.3 Å². The second kappa shape index (κ2) is 17.9. The minimum absolute atomic E-state index is 0.0173. The molecule has 3 saturated heterocycles. The van der Waals surface area contributed by atoms with Gasteiger partial charge in [-0.1, -0.05) is 0 Å². The molecule has 0 aliphatic carbocycles. The van der Waals surface area contributed by atoms with Crippen LogP contribution in [0.5, 0.6) is 0 Å². The zero-order chi connectivity index (χ0) is 34.1. The molecule has 12 atom stereocenters. The summed E-state index contributed by atoms with van der Waals surface area (Å²) in [4.78, 5) is 29.4. The number of carbonyl (C=O) groups excluding carboxylic acids is 2. The molecule has 3 fully saturated rings. The number of carbonyl (C=O) groups is 2. The van der Waals surface area contributed by atoms with Crippen LogP contribution in [0.3, 0.4) is 0 Å². The van der Waals surface area contributed by atoms with Crippen molar-refractivity contribution >= 4 is 12.2 Å². The number of β-amino-alcohol motifs (C(OH)–C–C–N with tert-alkyl or cyclic N) is 3. The van der Waals surface area contributed by atoms with E-state index in [2.05, 4.69) is 10.6 Å². The van der Waals surface area contributed by atoms with E-state index < -0.39 is 98.5 Å². The van der Waals surface area contributed by atoms with Gasteiger partial charge in [-0.05, 0) is 0 Å². The summed E-state index contributed by atoms with van der Waals surface area (Å²) in [6.07, 6.45) is -14.2. The highest BCUT2D eigenvalue weighted by molar-refractivity contribution is 5.67. The fourth-order valence-corrected chi connectivity index (χ4v) is 6.06. The fourth-order valence-electron chi connectivity index (χ4n) is 6.06. The Labute approximate surface area is 265 Å². The van der Waals surface area contributed by atoms with Crippen molar-refractivity contribution in [3.63, 3.8) is 0 Å². The monoisotopic (exact) mass is 670 g/mol. The molecule has 0 saturated carbocycles. The minimum Gasteiger partial charge on any atom is -0.448 e. The third-order valence-electron chi connectivity index (χ3n) is 8.80. The first-order valence-corrected chi connectivity index (χ1v) is 15.3. The third-order valence-corrected chi connectivity index (χ3v) is 8.80. The van der Waals surface area contributed by atoms with Crippen LogP contribution in [0.25, 0.3) is 0 Å². The number of hydrogen-bond acceptors (Lipinski definition) is 18. The van der Waals surface area contributed by atoms with Gasteiger partial charge in [-0.3, -0.25) is 14.7 Å². The van der Waals surface area contributed by atoms with Crippen LogP contribution in [-0.2, 0) is 9.47 Å². The van der Waals surface area contributed by atoms with E-state index in [1.165, 1.54) is 9.80 Å². The molecular formula is C26H50N6O14. The first-order valence-electron chi connectivity index (χ1n) is 15.3. The maximum Gasteiger partial charge on any atom is 0.407 e. The molecule has 20 heteroatoms. The quantitative estimate of drug-likeness (QED) is 0.0865. The van der Waals surface area contributed by atoms with Gasteiger partial charge in [-0.2, -0.15) is 0 Å². The molecule has 0 aromatic heterocycles. The minimum atomic E-state index is -1.53. The first kappa shape index (κ1) is 38.4. The number of piperidine rings is 3. The standard InChI is InChI=1S/C26H50N6O14/c27-1-4-30-7-16(34)23(41)20(38)14(30)11-45-26(44)29-3-6-32-9-18(36)24(42)21(39)15(32)12-46-25(43)28-2-5-31-8-17(35)22(40)19(37)13(31)10-33/h13-24,33-42H,1-12,27H2,(H,28,43)(H,29,44)/t13-,14-,15-,16-,17-,18-,19+,20+,21+,22+,23+,24+/m0/s1. The molecular weight excluding hydrogens is 620 g/mol. The molecule has 3 aliphatic rings. The molecule has 20 nitrogen and oxygen atoms in total. The lowest BCUT2D eigenvalue weighted by Gasteiger charge is -2.43. The lowest BCUT2D eigenvalue weighted by atomic mass is 9.94. The van der Waals surface area contributed by atoms with Crippen molar-refractivity contribution in [3.8, 4) is 0 Å². The second-order valence-electron chi connectivity index (χ2n) is 11.9. The molecule has 2 amide bonds. The smallest absolute Gasteiger partial charge is 0.407 e. The normalized spacial score (nSPS) is 37.9. The molecule has 3 aliphatic heterocycles. The molecule has 3 heterocycles. The van der Waals surface area contributed by atoms with Crippen LogP contribution in [0.4, 0.5) is 9.59 Å². The van der Waals surface area contributed by atoms with E-state index in [0.717, 1.165) is 0 Å². The van der Waals surface area contributed by atoms with Gasteiger partial charge in [0.2, 0.25) is 0 Å². The van der Waals surface area contributed by atoms with Gasteiger partial charge in [0, 0.05) is 58.9 Å². The zero-order valence-corrected chi connectivity index (χ0v) is 25.4. The van der Waals surface area contributed by atoms with Crippen molar-refractivity contribution in [2.75, 3.05) is 78.7 Å². The Morgan fingerprint density at radius 3 is 1.30 bits per heavy atom. The topological polar surface area (TPSA) is 315 Å². The predicted molar refractivity (Wildman–Crippen MR) is 155 cm³/mol. The number of rotatable bonds is 13. The number of aliphatic hydroxyl groups is 10. The largest absolute Gasteiger partial charge is 0.448 e. The molecule has 0 aromatic rings. The van der Waals surface area contributed by atoms with E-state index in [9.17, 15) is 60.7 Å². The number of nitrogens with one attached hydrogen (secondary N) is 2. The summed E-state index contributed by atoms with van der Waals surface area (Å²) >= 11 is 0. The summed E-state index contributed by atoms with van der Waals surface area (Å²) < 4.78 is 10.4. The Hall–Kier alpha value is -2.02. The SMILES string of the molecule is NCCN1C[C@H](O)[C@@H](O)[C@H](O)[C@@H]1COC(=O)NCCN1C[C@H](O)[C@@H](O)[C@H](O)[C@@H]1COC(=O)NCCN1C[C@H](O)[C@@H](O)[C@H](O)[C@@H]1CO. The first-order chi connectivity index (χ1) is 21.8. The number of hydrogen-bond donors (Lipinski definition) is 13. The molecule has 0 aromatic carbocycles. The van der Waals surface area contributed by atoms with E-state index in [-0.39, 0.29) is 65.5 Å². The van der Waals surface area contributed by atoms with Gasteiger partial charge in [0.15, 0.2) is 0 Å². The number of alkyl carbamates (subject to hydrolysis) is 2. The molecule has 0 unspecified atom stereocenters. The third kappa shape index (κ3) is 9.76. The Bertz CT molecular complexity index is 959. The number of nitrogens with zero attached hydrogens (tertiary/aromatic N) is 3. The Kier molecular flexibility index (Phi) is 15.0. The van der Waals surface area contributed by atoms with Crippen LogP contribution < -0.4 is 16.4 Å². The van der Waals surface area contributed by atoms with Gasteiger partial charge in [0.25, 0.3) is 0 Å². The maximum atomic E-state index is 12.4. The van der Waals surface area contributed by atoms with Crippen LogP contribution in [0.15, 0.2) is 0 Å². The number of aliphatic hydroxyl groups excluding tert-OH is 10. The molecule has 3 rings (SSSR count). The molecule has 0 spiro atoms. The molecule has 46 heavy (non-hydrogen) atoms. The number of amides is 2. The van der Waals surface area contributed by atoms with Gasteiger partial charge in [-0.25, -0.2) is 9.59 Å². The van der Waals surface area contributed by atoms with Crippen molar-refractivity contribution in [3.05, 3.63) is 0 Å². The van der Waals surface area contributed by atoms with Crippen LogP contribution in [0, 0.1) is 0 Å². The molecule has 0 bridgehead atoms. The van der Waals surface area contributed by atoms with Crippen molar-refractivity contribution in [1.29, 1.82) is 0 Å². The van der Waals surface area contributed by atoms with E-state index >= 15 is 0 Å². The van der Waals surface area contributed by atoms with E-state index in [1.54, 1.807) is 4.90 Å². The van der Waals surface area contributed by atoms with Gasteiger partial charge < -0.3 is 76.9 Å². The Morgan fingerprint density at radius 1 is 0.587 bits per heavy atom. The highest BCUT2D eigenvalue weighted by Crippen LogP contribution is 2.21. The highest BCUT2D eigenvalue weighted by atomic mass is 16.6. The van der Waals surface area contributed by atoms with Gasteiger partial charge in [0.1, 0.15) is 49.8 Å². The summed E-state index contributed by atoms with van der Waals surface area (Å²) in [6.45, 7) is -0.787. The van der Waals surface area contributed by atoms with E-state index in [0.29, 0.717) is 0 Å². The van der Waals surface area contributed by atoms with Gasteiger partial charge >= 0.3 is 12.2 Å². The summed E-state index contributed by atoms with van der Waals surface area (Å²) in [5, 5.41) is 106. The number of ether oxygens (including phenoxy) is 2. The predicted octanol–water partition coefficient (Wildman–Crippen LogP) is -8.31. The van der Waals surface area contributed by atoms with Crippen molar-refractivity contribution in [2.45, 2.75) is 73.1 Å². The summed E-state index contributed by atoms with van der Waals surface area (Å²) in [5.74, 6) is 0. The van der Waals surface area contributed by atoms with Gasteiger partial charge in [-0.15, -0.1) is 0 Å². The van der Waals surface area contributed by atoms with Crippen molar-refractivity contribution < 1.29 is 70.1 Å². The lowest BCUT2D eigenvalue weighted by molar-refractivity contribution is -0.145. The zero-order valence-electron chi connectivity index (χ0n) is 25.4. The maximum absolute atomic E-state index is 12.4. The van der Waals surface area contributed by atoms with Crippen LogP contribution >= 0.6 is 0 Å².